The van der Waals surface area contributed by atoms with Gasteiger partial charge in [-0.1, -0.05) is 0 Å². The molecular weight excluding hydrogens is 180 g/mol. The molecule has 0 N–H and O–H groups in total. The van der Waals surface area contributed by atoms with Gasteiger partial charge in [-0.25, -0.2) is 0 Å². The van der Waals surface area contributed by atoms with Crippen molar-refractivity contribution in [2.24, 2.45) is 11.3 Å². The number of hydrogen-bond donors (Lipinski definition) is 0. The summed E-state index contributed by atoms with van der Waals surface area (Å²) < 4.78 is 11.4. The molecule has 0 aromatic heterocycles. The number of hydrogen-bond acceptors (Lipinski definition) is 3. The van der Waals surface area contributed by atoms with Crippen LogP contribution in [0.4, 0.5) is 0 Å². The van der Waals surface area contributed by atoms with Crippen molar-refractivity contribution in [2.75, 3.05) is 13.2 Å². The smallest absolute Gasteiger partial charge is 0.166 e. The summed E-state index contributed by atoms with van der Waals surface area (Å²) in [5, 5.41) is 0. The van der Waals surface area contributed by atoms with E-state index in [9.17, 15) is 4.79 Å². The molecule has 2 heterocycles. The molecule has 3 atom stereocenters. The van der Waals surface area contributed by atoms with Gasteiger partial charge in [0.15, 0.2) is 5.79 Å². The van der Waals surface area contributed by atoms with Crippen molar-refractivity contribution < 1.29 is 14.3 Å². The van der Waals surface area contributed by atoms with Gasteiger partial charge in [0.1, 0.15) is 5.78 Å². The number of fused-ring (bicyclic) bond motifs is 1. The number of ketones is 1. The van der Waals surface area contributed by atoms with Crippen molar-refractivity contribution >= 4 is 5.78 Å². The molecule has 2 bridgehead atoms. The molecule has 3 heteroatoms. The zero-order valence-corrected chi connectivity index (χ0v) is 8.54. The molecular formula is C11H16O3. The summed E-state index contributed by atoms with van der Waals surface area (Å²) in [7, 11) is 0. The van der Waals surface area contributed by atoms with Gasteiger partial charge in [0.05, 0.1) is 13.2 Å². The summed E-state index contributed by atoms with van der Waals surface area (Å²) in [6.07, 6.45) is 3.45. The van der Waals surface area contributed by atoms with Gasteiger partial charge in [0.25, 0.3) is 0 Å². The van der Waals surface area contributed by atoms with Crippen LogP contribution >= 0.6 is 0 Å². The highest BCUT2D eigenvalue weighted by Crippen LogP contribution is 2.55. The summed E-state index contributed by atoms with van der Waals surface area (Å²) in [4.78, 5) is 11.4. The second-order valence-corrected chi connectivity index (χ2v) is 5.21. The highest BCUT2D eigenvalue weighted by Gasteiger charge is 2.57. The summed E-state index contributed by atoms with van der Waals surface area (Å²) in [6, 6.07) is 0. The van der Waals surface area contributed by atoms with E-state index in [0.29, 0.717) is 24.7 Å². The lowest BCUT2D eigenvalue weighted by Crippen LogP contribution is -2.46. The minimum atomic E-state index is -0.350. The lowest BCUT2D eigenvalue weighted by Gasteiger charge is -2.44. The highest BCUT2D eigenvalue weighted by atomic mass is 16.7. The maximum Gasteiger partial charge on any atom is 0.166 e. The van der Waals surface area contributed by atoms with E-state index in [0.717, 1.165) is 25.9 Å². The minimum absolute atomic E-state index is 0.265. The normalized spacial score (nSPS) is 51.8. The molecule has 3 fully saturated rings. The number of ether oxygens (including phenoxy) is 2. The van der Waals surface area contributed by atoms with Crippen LogP contribution in [0.5, 0.6) is 0 Å². The Hall–Kier alpha value is -0.410. The Morgan fingerprint density at radius 2 is 2.29 bits per heavy atom. The predicted octanol–water partition coefficient (Wildman–Crippen LogP) is 1.51. The zero-order valence-electron chi connectivity index (χ0n) is 8.54. The molecule has 0 aromatic carbocycles. The van der Waals surface area contributed by atoms with E-state index in [1.165, 1.54) is 0 Å². The van der Waals surface area contributed by atoms with Crippen LogP contribution in [-0.2, 0) is 14.3 Å². The van der Waals surface area contributed by atoms with Crippen LogP contribution in [0.15, 0.2) is 0 Å². The first kappa shape index (κ1) is 8.86. The first-order valence-electron chi connectivity index (χ1n) is 5.42. The first-order valence-corrected chi connectivity index (χ1v) is 5.42. The van der Waals surface area contributed by atoms with E-state index in [4.69, 9.17) is 9.47 Å². The van der Waals surface area contributed by atoms with E-state index < -0.39 is 0 Å². The average molecular weight is 196 g/mol. The maximum atomic E-state index is 11.4. The molecule has 1 spiro atoms. The van der Waals surface area contributed by atoms with Gasteiger partial charge in [0, 0.05) is 24.7 Å². The lowest BCUT2D eigenvalue weighted by molar-refractivity contribution is -0.213. The third kappa shape index (κ3) is 1.09. The van der Waals surface area contributed by atoms with Crippen LogP contribution in [0, 0.1) is 11.3 Å². The Bertz CT molecular complexity index is 288. The fourth-order valence-electron chi connectivity index (χ4n) is 3.25. The van der Waals surface area contributed by atoms with Gasteiger partial charge < -0.3 is 9.47 Å². The molecule has 0 radical (unpaired) electrons. The number of carbonyl (C=O) groups is 1. The fraction of sp³-hybridized carbons (Fsp3) is 0.909. The Balaban J connectivity index is 1.90. The van der Waals surface area contributed by atoms with Crippen LogP contribution in [0.1, 0.15) is 32.6 Å². The molecule has 78 valence electrons. The van der Waals surface area contributed by atoms with Crippen molar-refractivity contribution in [3.8, 4) is 0 Å². The van der Waals surface area contributed by atoms with E-state index >= 15 is 0 Å². The fourth-order valence-corrected chi connectivity index (χ4v) is 3.25. The SMILES string of the molecule is CC12C[C@]3(CCC(=O)CC3CO1)CO2. The number of rotatable bonds is 0. The molecule has 0 amide bonds. The highest BCUT2D eigenvalue weighted by molar-refractivity contribution is 5.79. The second kappa shape index (κ2) is 2.58. The monoisotopic (exact) mass is 196 g/mol. The van der Waals surface area contributed by atoms with Crippen LogP contribution < -0.4 is 0 Å². The lowest BCUT2D eigenvalue weighted by atomic mass is 9.63. The van der Waals surface area contributed by atoms with E-state index in [1.54, 1.807) is 0 Å². The third-order valence-electron chi connectivity index (χ3n) is 4.17. The largest absolute Gasteiger partial charge is 0.350 e. The minimum Gasteiger partial charge on any atom is -0.350 e. The van der Waals surface area contributed by atoms with Gasteiger partial charge >= 0.3 is 0 Å². The molecule has 2 aliphatic heterocycles. The summed E-state index contributed by atoms with van der Waals surface area (Å²) in [5.74, 6) is 0.468. The Morgan fingerprint density at radius 3 is 3.14 bits per heavy atom. The average Bonchev–Trinajstić information content (AvgIpc) is 2.42. The number of Topliss-reactive ketones (excluding diaryl/α,β-unsaturated/α-hetero) is 1. The molecule has 14 heavy (non-hydrogen) atoms. The van der Waals surface area contributed by atoms with E-state index in [-0.39, 0.29) is 11.2 Å². The van der Waals surface area contributed by atoms with E-state index in [2.05, 4.69) is 0 Å². The second-order valence-electron chi connectivity index (χ2n) is 5.21. The Labute approximate surface area is 83.8 Å². The van der Waals surface area contributed by atoms with Gasteiger partial charge in [-0.3, -0.25) is 4.79 Å². The van der Waals surface area contributed by atoms with Gasteiger partial charge in [-0.2, -0.15) is 0 Å². The van der Waals surface area contributed by atoms with Gasteiger partial charge in [-0.15, -0.1) is 0 Å². The molecule has 3 nitrogen and oxygen atoms in total. The van der Waals surface area contributed by atoms with Crippen molar-refractivity contribution in [3.05, 3.63) is 0 Å². The van der Waals surface area contributed by atoms with Crippen molar-refractivity contribution in [2.45, 2.75) is 38.4 Å². The molecule has 3 aliphatic rings. The summed E-state index contributed by atoms with van der Waals surface area (Å²) in [5.41, 5.74) is 0.265. The maximum absolute atomic E-state index is 11.4. The van der Waals surface area contributed by atoms with Crippen LogP contribution in [0.3, 0.4) is 0 Å². The first-order chi connectivity index (χ1) is 6.62. The third-order valence-corrected chi connectivity index (χ3v) is 4.17. The quantitative estimate of drug-likeness (QED) is 0.589. The molecule has 3 rings (SSSR count). The van der Waals surface area contributed by atoms with Crippen molar-refractivity contribution in [1.82, 2.24) is 0 Å². The van der Waals surface area contributed by atoms with Crippen molar-refractivity contribution in [3.63, 3.8) is 0 Å². The van der Waals surface area contributed by atoms with Crippen molar-refractivity contribution in [1.29, 1.82) is 0 Å². The standard InChI is InChI=1S/C11H16O3/c1-10-6-11(7-14-10)3-2-9(12)4-8(11)5-13-10/h8H,2-7H2,1H3/t8?,10?,11-/m1/s1. The van der Waals surface area contributed by atoms with Crippen LogP contribution in [0.25, 0.3) is 0 Å². The topological polar surface area (TPSA) is 35.5 Å². The predicted molar refractivity (Wildman–Crippen MR) is 49.7 cm³/mol. The number of carbonyl (C=O) groups excluding carboxylic acids is 1. The molecule has 1 aliphatic carbocycles. The van der Waals surface area contributed by atoms with Gasteiger partial charge in [0.2, 0.25) is 0 Å². The van der Waals surface area contributed by atoms with Crippen LogP contribution in [-0.4, -0.2) is 24.8 Å². The molecule has 2 saturated heterocycles. The van der Waals surface area contributed by atoms with E-state index in [1.807, 2.05) is 6.92 Å². The Morgan fingerprint density at radius 1 is 1.43 bits per heavy atom. The van der Waals surface area contributed by atoms with Crippen LogP contribution in [0.2, 0.25) is 0 Å². The zero-order chi connectivity index (χ0) is 9.81. The molecule has 2 unspecified atom stereocenters. The molecule has 1 saturated carbocycles. The summed E-state index contributed by atoms with van der Waals surface area (Å²) >= 11 is 0. The molecule has 0 aromatic rings. The Kier molecular flexibility index (Phi) is 1.63. The van der Waals surface area contributed by atoms with Gasteiger partial charge in [-0.05, 0) is 19.3 Å². The summed E-state index contributed by atoms with van der Waals surface area (Å²) in [6.45, 7) is 3.53.